The molecule has 0 saturated carbocycles. The Morgan fingerprint density at radius 3 is 1.34 bits per heavy atom. The molecular formula is C20H16Na6O26S6. The van der Waals surface area contributed by atoms with Crippen molar-refractivity contribution in [3.8, 4) is 17.2 Å². The summed E-state index contributed by atoms with van der Waals surface area (Å²) in [5.41, 5.74) is 0.00854. The van der Waals surface area contributed by atoms with Crippen LogP contribution in [0.4, 0.5) is 0 Å². The molecule has 5 atom stereocenters. The van der Waals surface area contributed by atoms with Crippen molar-refractivity contribution in [2.75, 3.05) is 6.61 Å². The van der Waals surface area contributed by atoms with Crippen LogP contribution < -0.4 is 190 Å². The van der Waals surface area contributed by atoms with Crippen LogP contribution in [0.1, 0.15) is 11.1 Å². The Labute approximate surface area is 464 Å². The molecule has 1 aliphatic rings. The van der Waals surface area contributed by atoms with Gasteiger partial charge in [-0.15, -0.1) is 0 Å². The second-order valence-electron chi connectivity index (χ2n) is 9.38. The van der Waals surface area contributed by atoms with Crippen LogP contribution in [0, 0.1) is 0 Å². The Morgan fingerprint density at radius 2 is 0.897 bits per heavy atom. The van der Waals surface area contributed by atoms with E-state index in [1.807, 2.05) is 0 Å². The van der Waals surface area contributed by atoms with Gasteiger partial charge in [0, 0.05) is 6.07 Å². The van der Waals surface area contributed by atoms with Gasteiger partial charge in [-0.2, -0.15) is 0 Å². The molecule has 0 unspecified atom stereocenters. The van der Waals surface area contributed by atoms with Gasteiger partial charge in [-0.25, -0.2) is 50.5 Å². The maximum atomic E-state index is 11.6. The SMILES string of the molecule is O=S(=O)([O-])OC[C@H]1O[C@@H](Oc2cc(/C=C/c3ccc(OS(=O)(=O)[O-])cc3)cc(OS(=O)(=O)[O-])c2)[C@H](OS(=O)(=O)[O-])[C@@H](OS(=O)(=O)[O-])[C@@H]1OS(=O)(=O)[O-].[Na+].[Na+].[Na+].[Na+].[Na+].[Na+]. The number of hydrogen-bond donors (Lipinski definition) is 0. The maximum absolute atomic E-state index is 11.6. The Balaban J connectivity index is -0.00000243. The van der Waals surface area contributed by atoms with Crippen molar-refractivity contribution in [2.45, 2.75) is 30.7 Å². The molecule has 1 heterocycles. The molecule has 294 valence electrons. The van der Waals surface area contributed by atoms with Gasteiger partial charge < -0.3 is 45.2 Å². The van der Waals surface area contributed by atoms with Gasteiger partial charge in [-0.05, 0) is 35.4 Å². The predicted molar refractivity (Wildman–Crippen MR) is 151 cm³/mol. The third kappa shape index (κ3) is 27.3. The molecule has 38 heteroatoms. The summed E-state index contributed by atoms with van der Waals surface area (Å²) in [6, 6.07) is 6.71. The van der Waals surface area contributed by atoms with E-state index in [2.05, 4.69) is 25.1 Å². The van der Waals surface area contributed by atoms with Gasteiger partial charge in [0.1, 0.15) is 35.6 Å². The summed E-state index contributed by atoms with van der Waals surface area (Å²) in [5, 5.41) is 0. The summed E-state index contributed by atoms with van der Waals surface area (Å²) in [6.07, 6.45) is -12.1. The number of hydrogen-bond acceptors (Lipinski definition) is 26. The van der Waals surface area contributed by atoms with Crippen molar-refractivity contribution in [1.29, 1.82) is 0 Å². The van der Waals surface area contributed by atoms with Gasteiger partial charge in [-0.1, -0.05) is 24.3 Å². The first-order chi connectivity index (χ1) is 23.4. The summed E-state index contributed by atoms with van der Waals surface area (Å²) >= 11 is 0. The van der Waals surface area contributed by atoms with E-state index in [4.69, 9.17) is 9.47 Å². The van der Waals surface area contributed by atoms with Crippen molar-refractivity contribution < 1.29 is 290 Å². The summed E-state index contributed by atoms with van der Waals surface area (Å²) in [6.45, 7) is -1.72. The van der Waals surface area contributed by atoms with E-state index >= 15 is 0 Å². The first-order valence-corrected chi connectivity index (χ1v) is 20.5. The van der Waals surface area contributed by atoms with Gasteiger partial charge in [0.2, 0.25) is 47.9 Å². The van der Waals surface area contributed by atoms with E-state index in [-0.39, 0.29) is 188 Å². The van der Waals surface area contributed by atoms with Crippen LogP contribution in [0.2, 0.25) is 0 Å². The molecule has 3 rings (SSSR count). The molecular weight excluding hydrogens is 987 g/mol. The van der Waals surface area contributed by atoms with Gasteiger partial charge >= 0.3 is 177 Å². The van der Waals surface area contributed by atoms with E-state index in [1.54, 1.807) is 0 Å². The van der Waals surface area contributed by atoms with Crippen LogP contribution in [0.25, 0.3) is 12.2 Å². The van der Waals surface area contributed by atoms with Crippen molar-refractivity contribution >= 4 is 74.5 Å². The van der Waals surface area contributed by atoms with Crippen molar-refractivity contribution in [3.05, 3.63) is 53.6 Å². The molecule has 0 N–H and O–H groups in total. The first kappa shape index (κ1) is 67.4. The number of rotatable bonds is 17. The molecule has 2 aromatic rings. The van der Waals surface area contributed by atoms with Crippen LogP contribution >= 0.6 is 0 Å². The minimum atomic E-state index is -6.16. The fourth-order valence-electron chi connectivity index (χ4n) is 4.00. The van der Waals surface area contributed by atoms with Crippen LogP contribution in [0.15, 0.2) is 42.5 Å². The molecule has 0 aromatic heterocycles. The van der Waals surface area contributed by atoms with E-state index in [9.17, 15) is 77.8 Å². The zero-order valence-electron chi connectivity index (χ0n) is 30.4. The van der Waals surface area contributed by atoms with Gasteiger partial charge in [0.05, 0.1) is 6.61 Å². The average molecular weight is 1000 g/mol. The number of ether oxygens (including phenoxy) is 2. The fraction of sp³-hybridized carbons (Fsp3) is 0.300. The molecule has 26 nitrogen and oxygen atoms in total. The van der Waals surface area contributed by atoms with E-state index in [0.29, 0.717) is 6.07 Å². The maximum Gasteiger partial charge on any atom is 1.00 e. The Hall–Kier alpha value is 2.84. The van der Waals surface area contributed by atoms with Crippen LogP contribution in [-0.2, 0) is 83.9 Å². The molecule has 1 fully saturated rings. The Morgan fingerprint density at radius 1 is 0.483 bits per heavy atom. The van der Waals surface area contributed by atoms with E-state index in [0.717, 1.165) is 30.3 Å². The second-order valence-corrected chi connectivity index (χ2v) is 15.4. The van der Waals surface area contributed by atoms with Gasteiger partial charge in [0.25, 0.3) is 20.8 Å². The molecule has 0 amide bonds. The topological polar surface area (TPSA) is 417 Å². The largest absolute Gasteiger partial charge is 1.00 e. The second kappa shape index (κ2) is 27.5. The minimum absolute atomic E-state index is 0. The fourth-order valence-corrected chi connectivity index (χ4v) is 6.45. The molecule has 1 aliphatic heterocycles. The van der Waals surface area contributed by atoms with Crippen LogP contribution in [0.5, 0.6) is 17.2 Å². The molecule has 0 aliphatic carbocycles. The van der Waals surface area contributed by atoms with E-state index < -0.39 is 117 Å². The average Bonchev–Trinajstić information content (AvgIpc) is 2.90. The summed E-state index contributed by atoms with van der Waals surface area (Å²) in [7, 11) is -34.8. The third-order valence-electron chi connectivity index (χ3n) is 5.55. The summed E-state index contributed by atoms with van der Waals surface area (Å²) in [5.74, 6) is -2.11. The quantitative estimate of drug-likeness (QED) is 0.0614. The third-order valence-corrected chi connectivity index (χ3v) is 8.15. The zero-order valence-corrected chi connectivity index (χ0v) is 47.3. The Bertz CT molecular complexity index is 2330. The molecule has 0 spiro atoms. The smallest absolute Gasteiger partial charge is 0.726 e. The standard InChI is InChI=1S/C20H22O26S6.6Na/c21-47(22,23)39-10-16-17(44-50(30,31)32)18(45-51(33,34)35)19(46-52(36,37)38)20(41-16)40-14-7-12(8-15(9-14)43-49(27,28)29)2-1-11-3-5-13(6-4-11)42-48(24,25)26;;;;;;/h1-9,16-20H,10H2,(H,21,22,23)(H,24,25,26)(H,27,28,29)(H,30,31,32)(H,33,34,35)(H,36,37,38);;;;;;/q;6*+1/p-6/b2-1+;;;;;;/t16-,17-,18+,19-,20-;;;;;;/m1....../s1. The molecule has 1 saturated heterocycles. The van der Waals surface area contributed by atoms with Crippen molar-refractivity contribution in [3.63, 3.8) is 0 Å². The summed E-state index contributed by atoms with van der Waals surface area (Å²) in [4.78, 5) is 0. The molecule has 2 aromatic carbocycles. The predicted octanol–water partition coefficient (Wildman–Crippen LogP) is -21.3. The normalized spacial score (nSPS) is 19.9. The van der Waals surface area contributed by atoms with Crippen LogP contribution in [0.3, 0.4) is 0 Å². The van der Waals surface area contributed by atoms with Gasteiger partial charge in [0.15, 0.2) is 6.10 Å². The molecule has 0 bridgehead atoms. The van der Waals surface area contributed by atoms with E-state index in [1.165, 1.54) is 18.2 Å². The van der Waals surface area contributed by atoms with Crippen molar-refractivity contribution in [2.24, 2.45) is 0 Å². The number of benzene rings is 2. The molecule has 0 radical (unpaired) electrons. The minimum Gasteiger partial charge on any atom is -0.726 e. The summed E-state index contributed by atoms with van der Waals surface area (Å²) < 4.78 is 238. The monoisotopic (exact) mass is 1000 g/mol. The van der Waals surface area contributed by atoms with Crippen LogP contribution in [-0.4, -0.2) is 115 Å². The molecule has 58 heavy (non-hydrogen) atoms. The van der Waals surface area contributed by atoms with Gasteiger partial charge in [-0.3, -0.25) is 16.7 Å². The Kier molecular flexibility index (Phi) is 31.9. The first-order valence-electron chi connectivity index (χ1n) is 12.5. The van der Waals surface area contributed by atoms with Crippen molar-refractivity contribution in [1.82, 2.24) is 0 Å². The zero-order chi connectivity index (χ0) is 39.5.